The summed E-state index contributed by atoms with van der Waals surface area (Å²) in [5, 5.41) is 14.3. The number of amides is 1. The lowest BCUT2D eigenvalue weighted by Crippen LogP contribution is -2.28. The van der Waals surface area contributed by atoms with E-state index in [4.69, 9.17) is 13.3 Å². The molecule has 9 heteroatoms. The molecule has 0 unspecified atom stereocenters. The summed E-state index contributed by atoms with van der Waals surface area (Å²) < 4.78 is 16.4. The molecule has 0 spiro atoms. The smallest absolute Gasteiger partial charge is 0.284 e. The number of furan rings is 2. The first-order chi connectivity index (χ1) is 15.2. The van der Waals surface area contributed by atoms with E-state index in [1.165, 1.54) is 16.8 Å². The molecule has 156 valence electrons. The molecule has 0 aliphatic carbocycles. The Bertz CT molecular complexity index is 1200. The first kappa shape index (κ1) is 19.4. The third kappa shape index (κ3) is 4.04. The van der Waals surface area contributed by atoms with Gasteiger partial charge in [0.05, 0.1) is 24.0 Å². The van der Waals surface area contributed by atoms with Gasteiger partial charge in [-0.25, -0.2) is 5.01 Å². The minimum atomic E-state index is -0.291. The number of rotatable bonds is 6. The predicted molar refractivity (Wildman–Crippen MR) is 113 cm³/mol. The van der Waals surface area contributed by atoms with Gasteiger partial charge in [0.15, 0.2) is 5.76 Å². The van der Waals surface area contributed by atoms with Crippen molar-refractivity contribution in [3.63, 3.8) is 0 Å². The fourth-order valence-corrected chi connectivity index (χ4v) is 3.94. The van der Waals surface area contributed by atoms with Gasteiger partial charge in [0.2, 0.25) is 0 Å². The normalized spacial score (nSPS) is 16.0. The van der Waals surface area contributed by atoms with Crippen LogP contribution in [0.15, 0.2) is 84.6 Å². The largest absolute Gasteiger partial charge is 0.467 e. The van der Waals surface area contributed by atoms with E-state index in [1.807, 2.05) is 43.3 Å². The van der Waals surface area contributed by atoms with Gasteiger partial charge in [0.25, 0.3) is 17.0 Å². The molecule has 8 nitrogen and oxygen atoms in total. The molecule has 31 heavy (non-hydrogen) atoms. The highest BCUT2D eigenvalue weighted by Gasteiger charge is 2.35. The van der Waals surface area contributed by atoms with E-state index in [0.717, 1.165) is 23.0 Å². The molecule has 4 heterocycles. The SMILES string of the molecule is Cc1ccc(C2=NN(C(=O)CSc3nnc(-c4ccco4)o3)[C@@H](c3ccco3)C2)cc1. The summed E-state index contributed by atoms with van der Waals surface area (Å²) in [4.78, 5) is 13.0. The zero-order chi connectivity index (χ0) is 21.2. The van der Waals surface area contributed by atoms with Crippen molar-refractivity contribution in [1.82, 2.24) is 15.2 Å². The maximum atomic E-state index is 13.0. The number of carbonyl (C=O) groups is 1. The van der Waals surface area contributed by atoms with E-state index >= 15 is 0 Å². The summed E-state index contributed by atoms with van der Waals surface area (Å²) in [5.74, 6) is 1.37. The number of aryl methyl sites for hydroxylation is 1. The Balaban J connectivity index is 1.33. The van der Waals surface area contributed by atoms with Gasteiger partial charge in [-0.1, -0.05) is 41.6 Å². The molecule has 1 atom stereocenters. The third-order valence-electron chi connectivity index (χ3n) is 4.88. The summed E-state index contributed by atoms with van der Waals surface area (Å²) in [7, 11) is 0. The molecule has 0 saturated heterocycles. The Morgan fingerprint density at radius 2 is 1.90 bits per heavy atom. The second-order valence-corrected chi connectivity index (χ2v) is 7.95. The molecule has 0 radical (unpaired) electrons. The van der Waals surface area contributed by atoms with Crippen LogP contribution in [-0.2, 0) is 4.79 Å². The Morgan fingerprint density at radius 3 is 2.65 bits per heavy atom. The van der Waals surface area contributed by atoms with Crippen LogP contribution in [0.4, 0.5) is 0 Å². The van der Waals surface area contributed by atoms with Crippen LogP contribution in [0.3, 0.4) is 0 Å². The standard InChI is InChI=1S/C22H18N4O4S/c1-14-6-8-15(9-7-14)16-12-17(18-4-2-10-28-18)26(25-16)20(27)13-31-22-24-23-21(30-22)19-5-3-11-29-19/h2-11,17H,12-13H2,1H3/t17-/m1/s1. The van der Waals surface area contributed by atoms with Gasteiger partial charge in [-0.15, -0.1) is 10.2 Å². The van der Waals surface area contributed by atoms with Crippen molar-refractivity contribution in [1.29, 1.82) is 0 Å². The molecular weight excluding hydrogens is 416 g/mol. The predicted octanol–water partition coefficient (Wildman–Crippen LogP) is 4.70. The van der Waals surface area contributed by atoms with Crippen molar-refractivity contribution >= 4 is 23.4 Å². The van der Waals surface area contributed by atoms with Crippen molar-refractivity contribution in [3.05, 3.63) is 77.9 Å². The van der Waals surface area contributed by atoms with Gasteiger partial charge in [0, 0.05) is 6.42 Å². The van der Waals surface area contributed by atoms with Crippen LogP contribution in [0.1, 0.15) is 29.3 Å². The van der Waals surface area contributed by atoms with E-state index < -0.39 is 0 Å². The van der Waals surface area contributed by atoms with Crippen LogP contribution in [0.5, 0.6) is 0 Å². The summed E-state index contributed by atoms with van der Waals surface area (Å²) in [6.45, 7) is 2.04. The lowest BCUT2D eigenvalue weighted by Gasteiger charge is -2.19. The van der Waals surface area contributed by atoms with Crippen LogP contribution >= 0.6 is 11.8 Å². The van der Waals surface area contributed by atoms with E-state index in [1.54, 1.807) is 18.4 Å². The molecule has 0 fully saturated rings. The number of hydrogen-bond donors (Lipinski definition) is 0. The van der Waals surface area contributed by atoms with E-state index in [9.17, 15) is 4.79 Å². The molecule has 0 bridgehead atoms. The number of benzene rings is 1. The van der Waals surface area contributed by atoms with Crippen LogP contribution in [0, 0.1) is 6.92 Å². The maximum absolute atomic E-state index is 13.0. The van der Waals surface area contributed by atoms with Gasteiger partial charge < -0.3 is 13.3 Å². The van der Waals surface area contributed by atoms with Gasteiger partial charge in [-0.2, -0.15) is 5.10 Å². The number of carbonyl (C=O) groups excluding carboxylic acids is 1. The molecule has 1 aromatic carbocycles. The second-order valence-electron chi connectivity index (χ2n) is 7.03. The summed E-state index contributed by atoms with van der Waals surface area (Å²) in [5.41, 5.74) is 3.01. The van der Waals surface area contributed by atoms with E-state index in [0.29, 0.717) is 17.9 Å². The van der Waals surface area contributed by atoms with Gasteiger partial charge in [-0.3, -0.25) is 4.79 Å². The lowest BCUT2D eigenvalue weighted by molar-refractivity contribution is -0.130. The molecule has 1 amide bonds. The maximum Gasteiger partial charge on any atom is 0.284 e. The van der Waals surface area contributed by atoms with Crippen molar-refractivity contribution in [2.45, 2.75) is 24.6 Å². The van der Waals surface area contributed by atoms with Gasteiger partial charge in [-0.05, 0) is 36.8 Å². The minimum Gasteiger partial charge on any atom is -0.467 e. The summed E-state index contributed by atoms with van der Waals surface area (Å²) in [6.07, 6.45) is 3.71. The first-order valence-corrected chi connectivity index (χ1v) is 10.7. The van der Waals surface area contributed by atoms with Crippen LogP contribution < -0.4 is 0 Å². The number of hydrogen-bond acceptors (Lipinski definition) is 8. The number of aromatic nitrogens is 2. The molecule has 5 rings (SSSR count). The van der Waals surface area contributed by atoms with Crippen molar-refractivity contribution in [2.24, 2.45) is 5.10 Å². The highest BCUT2D eigenvalue weighted by Crippen LogP contribution is 2.34. The summed E-state index contributed by atoms with van der Waals surface area (Å²) in [6, 6.07) is 15.0. The van der Waals surface area contributed by atoms with E-state index in [-0.39, 0.29) is 28.8 Å². The molecule has 3 aromatic heterocycles. The fourth-order valence-electron chi connectivity index (χ4n) is 3.32. The Hall–Kier alpha value is -3.59. The molecule has 0 saturated carbocycles. The zero-order valence-electron chi connectivity index (χ0n) is 16.6. The number of nitrogens with zero attached hydrogens (tertiary/aromatic N) is 4. The molecule has 0 N–H and O–H groups in total. The van der Waals surface area contributed by atoms with Crippen LogP contribution in [-0.4, -0.2) is 32.6 Å². The third-order valence-corrected chi connectivity index (χ3v) is 5.68. The number of thioether (sulfide) groups is 1. The lowest BCUT2D eigenvalue weighted by atomic mass is 10.0. The van der Waals surface area contributed by atoms with Crippen LogP contribution in [0.25, 0.3) is 11.7 Å². The van der Waals surface area contributed by atoms with E-state index in [2.05, 4.69) is 15.3 Å². The quantitative estimate of drug-likeness (QED) is 0.406. The highest BCUT2D eigenvalue weighted by molar-refractivity contribution is 7.99. The number of hydrazone groups is 1. The monoisotopic (exact) mass is 434 g/mol. The van der Waals surface area contributed by atoms with Crippen molar-refractivity contribution in [2.75, 3.05) is 5.75 Å². The molecule has 4 aromatic rings. The fraction of sp³-hybridized carbons (Fsp3) is 0.182. The minimum absolute atomic E-state index is 0.0989. The highest BCUT2D eigenvalue weighted by atomic mass is 32.2. The molecule has 1 aliphatic rings. The average molecular weight is 434 g/mol. The van der Waals surface area contributed by atoms with Crippen LogP contribution in [0.2, 0.25) is 0 Å². The Labute approximate surface area is 181 Å². The summed E-state index contributed by atoms with van der Waals surface area (Å²) >= 11 is 1.16. The molecule has 1 aliphatic heterocycles. The average Bonchev–Trinajstić information content (AvgIpc) is 3.58. The Kier molecular flexibility index (Phi) is 5.17. The zero-order valence-corrected chi connectivity index (χ0v) is 17.4. The molecular formula is C22H18N4O4S. The second kappa shape index (κ2) is 8.27. The van der Waals surface area contributed by atoms with Gasteiger partial charge in [0.1, 0.15) is 11.8 Å². The first-order valence-electron chi connectivity index (χ1n) is 9.67. The van der Waals surface area contributed by atoms with Gasteiger partial charge >= 0.3 is 0 Å². The Morgan fingerprint density at radius 1 is 1.10 bits per heavy atom. The topological polar surface area (TPSA) is 97.9 Å². The van der Waals surface area contributed by atoms with Crippen molar-refractivity contribution < 1.29 is 18.0 Å². The van der Waals surface area contributed by atoms with Crippen molar-refractivity contribution in [3.8, 4) is 11.7 Å².